The molecular weight excluding hydrogens is 495 g/mol. The average molecular weight is 514 g/mol. The van der Waals surface area contributed by atoms with E-state index < -0.39 is 27.1 Å². The van der Waals surface area contributed by atoms with E-state index in [1.807, 2.05) is 6.07 Å². The molecule has 36 heavy (non-hydrogen) atoms. The molecule has 0 radical (unpaired) electrons. The Morgan fingerprint density at radius 1 is 1.14 bits per heavy atom. The van der Waals surface area contributed by atoms with Crippen LogP contribution in [-0.4, -0.2) is 45.1 Å². The van der Waals surface area contributed by atoms with Crippen LogP contribution in [0.1, 0.15) is 36.8 Å². The van der Waals surface area contributed by atoms with Crippen molar-refractivity contribution in [3.8, 4) is 23.3 Å². The zero-order valence-electron chi connectivity index (χ0n) is 18.7. The van der Waals surface area contributed by atoms with Gasteiger partial charge in [-0.15, -0.1) is 0 Å². The highest BCUT2D eigenvalue weighted by atomic mass is 32.2. The quantitative estimate of drug-likeness (QED) is 0.415. The summed E-state index contributed by atoms with van der Waals surface area (Å²) in [7, 11) is -4.49. The minimum Gasteiger partial charge on any atom is -0.274 e. The molecule has 1 aliphatic carbocycles. The summed E-state index contributed by atoms with van der Waals surface area (Å²) in [4.78, 5) is 16.8. The van der Waals surface area contributed by atoms with E-state index in [1.165, 1.54) is 24.7 Å². The first-order chi connectivity index (χ1) is 17.1. The summed E-state index contributed by atoms with van der Waals surface area (Å²) >= 11 is 0. The van der Waals surface area contributed by atoms with Gasteiger partial charge in [-0.05, 0) is 49.4 Å². The Labute approximate surface area is 203 Å². The second-order valence-corrected chi connectivity index (χ2v) is 10.1. The van der Waals surface area contributed by atoms with Crippen molar-refractivity contribution in [3.63, 3.8) is 0 Å². The Morgan fingerprint density at radius 3 is 2.50 bits per heavy atom. The molecule has 5 rings (SSSR count). The molecule has 0 saturated heterocycles. The summed E-state index contributed by atoms with van der Waals surface area (Å²) in [6.45, 7) is 0.709. The zero-order valence-corrected chi connectivity index (χ0v) is 19.5. The molecule has 184 valence electrons. The van der Waals surface area contributed by atoms with Crippen molar-refractivity contribution >= 4 is 21.1 Å². The second-order valence-electron chi connectivity index (χ2n) is 8.41. The van der Waals surface area contributed by atoms with E-state index >= 15 is 0 Å². The maximum Gasteiger partial charge on any atom is 0.404 e. The van der Waals surface area contributed by atoms with Crippen LogP contribution in [-0.2, 0) is 10.0 Å². The molecule has 1 N–H and O–H groups in total. The van der Waals surface area contributed by atoms with Gasteiger partial charge in [-0.25, -0.2) is 18.4 Å². The van der Waals surface area contributed by atoms with Crippen molar-refractivity contribution in [2.45, 2.75) is 42.8 Å². The molecule has 4 aromatic rings. The highest BCUT2D eigenvalue weighted by molar-refractivity contribution is 7.89. The number of hydrogen-bond donors (Lipinski definition) is 1. The molecule has 0 aromatic carbocycles. The summed E-state index contributed by atoms with van der Waals surface area (Å²) in [6, 6.07) is 4.30. The van der Waals surface area contributed by atoms with Crippen LogP contribution in [0.4, 0.5) is 13.2 Å². The van der Waals surface area contributed by atoms with Crippen LogP contribution in [0.2, 0.25) is 0 Å². The van der Waals surface area contributed by atoms with E-state index in [9.17, 15) is 26.9 Å². The number of halogens is 3. The summed E-state index contributed by atoms with van der Waals surface area (Å²) in [5.74, 6) is 0.760. The number of rotatable bonds is 6. The molecule has 4 heterocycles. The minimum absolute atomic E-state index is 0.214. The number of hydrogen-bond acceptors (Lipinski definition) is 7. The molecule has 0 aliphatic heterocycles. The van der Waals surface area contributed by atoms with Crippen molar-refractivity contribution in [1.29, 1.82) is 5.26 Å². The zero-order chi connectivity index (χ0) is 25.7. The Balaban J connectivity index is 1.65. The van der Waals surface area contributed by atoms with Crippen LogP contribution in [0.25, 0.3) is 28.2 Å². The fraction of sp³-hybridized carbons (Fsp3) is 0.261. The molecule has 0 amide bonds. The van der Waals surface area contributed by atoms with E-state index in [0.29, 0.717) is 35.4 Å². The lowest BCUT2D eigenvalue weighted by Gasteiger charge is -2.17. The van der Waals surface area contributed by atoms with Crippen molar-refractivity contribution in [3.05, 3.63) is 60.3 Å². The van der Waals surface area contributed by atoms with Crippen LogP contribution in [0.15, 0.2) is 54.1 Å². The average Bonchev–Trinajstić information content (AvgIpc) is 3.65. The summed E-state index contributed by atoms with van der Waals surface area (Å²) in [5.41, 5.74) is 2.25. The van der Waals surface area contributed by atoms with Crippen molar-refractivity contribution in [2.24, 2.45) is 0 Å². The number of nitrogens with one attached hydrogen (secondary N) is 1. The van der Waals surface area contributed by atoms with E-state index in [2.05, 4.69) is 26.0 Å². The lowest BCUT2D eigenvalue weighted by molar-refractivity contribution is -0.147. The van der Waals surface area contributed by atoms with Gasteiger partial charge < -0.3 is 0 Å². The van der Waals surface area contributed by atoms with Gasteiger partial charge in [0.15, 0.2) is 5.82 Å². The molecular formula is C23H18F3N7O2S. The highest BCUT2D eigenvalue weighted by Crippen LogP contribution is 2.42. The fourth-order valence-corrected chi connectivity index (χ4v) is 5.03. The van der Waals surface area contributed by atoms with Crippen LogP contribution in [0.5, 0.6) is 0 Å². The van der Waals surface area contributed by atoms with E-state index in [4.69, 9.17) is 0 Å². The van der Waals surface area contributed by atoms with Crippen molar-refractivity contribution in [2.75, 3.05) is 0 Å². The summed E-state index contributed by atoms with van der Waals surface area (Å²) in [6.07, 6.45) is 4.51. The van der Waals surface area contributed by atoms with Gasteiger partial charge in [-0.2, -0.15) is 23.2 Å². The lowest BCUT2D eigenvalue weighted by Crippen LogP contribution is -2.42. The highest BCUT2D eigenvalue weighted by Gasteiger charge is 2.39. The van der Waals surface area contributed by atoms with E-state index in [-0.39, 0.29) is 11.3 Å². The third kappa shape index (κ3) is 4.29. The first-order valence-electron chi connectivity index (χ1n) is 10.9. The van der Waals surface area contributed by atoms with Gasteiger partial charge in [0.2, 0.25) is 10.0 Å². The fourth-order valence-electron chi connectivity index (χ4n) is 3.85. The monoisotopic (exact) mass is 513 g/mol. The first-order valence-corrected chi connectivity index (χ1v) is 12.3. The topological polar surface area (TPSA) is 126 Å². The minimum atomic E-state index is -4.74. The normalized spacial score (nSPS) is 15.1. The van der Waals surface area contributed by atoms with Gasteiger partial charge >= 0.3 is 6.18 Å². The molecule has 0 spiro atoms. The van der Waals surface area contributed by atoms with Crippen LogP contribution in [0.3, 0.4) is 0 Å². The largest absolute Gasteiger partial charge is 0.404 e. The van der Waals surface area contributed by atoms with Crippen molar-refractivity contribution in [1.82, 2.24) is 29.2 Å². The summed E-state index contributed by atoms with van der Waals surface area (Å²) in [5, 5.41) is 10.7. The lowest BCUT2D eigenvalue weighted by atomic mass is 10.1. The molecule has 1 aliphatic rings. The van der Waals surface area contributed by atoms with E-state index in [1.54, 1.807) is 15.5 Å². The van der Waals surface area contributed by atoms with Gasteiger partial charge in [0.1, 0.15) is 22.7 Å². The Hall–Kier alpha value is -3.89. The Bertz CT molecular complexity index is 1590. The molecule has 1 fully saturated rings. The van der Waals surface area contributed by atoms with Crippen LogP contribution >= 0.6 is 0 Å². The van der Waals surface area contributed by atoms with Gasteiger partial charge in [0.05, 0.1) is 23.1 Å². The first kappa shape index (κ1) is 23.8. The third-order valence-electron chi connectivity index (χ3n) is 5.88. The molecule has 1 atom stereocenters. The number of nitriles is 1. The van der Waals surface area contributed by atoms with Gasteiger partial charge in [0, 0.05) is 30.2 Å². The predicted molar refractivity (Wildman–Crippen MR) is 122 cm³/mol. The number of alkyl halides is 3. The van der Waals surface area contributed by atoms with Gasteiger partial charge in [-0.1, -0.05) is 0 Å². The molecule has 0 unspecified atom stereocenters. The van der Waals surface area contributed by atoms with Gasteiger partial charge in [0.25, 0.3) is 0 Å². The maximum absolute atomic E-state index is 12.9. The predicted octanol–water partition coefficient (Wildman–Crippen LogP) is 3.86. The molecule has 1 saturated carbocycles. The Morgan fingerprint density at radius 2 is 1.92 bits per heavy atom. The molecule has 13 heteroatoms. The summed E-state index contributed by atoms with van der Waals surface area (Å²) < 4.78 is 66.7. The standard InChI is InChI=1S/C23H18F3N7O2S/c1-13(23(24,25)26)32-36(34,35)16-4-5-19(30-11-16)21-18(9-27)17-8-15(14-2-3-14)10-31-22(17)33(21)20-12-28-6-7-29-20/h4-8,10-14,32H,2-3H2,1H3/t13-/m0/s1. The van der Waals surface area contributed by atoms with Crippen molar-refractivity contribution < 1.29 is 21.6 Å². The SMILES string of the molecule is C[C@H](NS(=O)(=O)c1ccc(-c2c(C#N)c3cc(C4CC4)cnc3n2-c2cnccn2)nc1)C(F)(F)F. The number of fused-ring (bicyclic) bond motifs is 1. The molecule has 9 nitrogen and oxygen atoms in total. The van der Waals surface area contributed by atoms with Crippen LogP contribution in [0, 0.1) is 11.3 Å². The van der Waals surface area contributed by atoms with Gasteiger partial charge in [-0.3, -0.25) is 14.5 Å². The number of aromatic nitrogens is 5. The smallest absolute Gasteiger partial charge is 0.274 e. The Kier molecular flexibility index (Phi) is 5.73. The van der Waals surface area contributed by atoms with Crippen LogP contribution < -0.4 is 4.72 Å². The van der Waals surface area contributed by atoms with E-state index in [0.717, 1.165) is 30.7 Å². The maximum atomic E-state index is 12.9. The number of pyridine rings is 2. The number of sulfonamides is 1. The molecule has 4 aromatic heterocycles. The number of nitrogens with zero attached hydrogens (tertiary/aromatic N) is 6. The second kappa shape index (κ2) is 8.65. The third-order valence-corrected chi connectivity index (χ3v) is 7.41. The molecule has 0 bridgehead atoms.